The van der Waals surface area contributed by atoms with Gasteiger partial charge in [0.15, 0.2) is 11.5 Å². The fourth-order valence-electron chi connectivity index (χ4n) is 2.03. The molecule has 0 spiro atoms. The molecule has 0 aromatic heterocycles. The van der Waals surface area contributed by atoms with Crippen molar-refractivity contribution in [2.45, 2.75) is 6.10 Å². The molecule has 0 fully saturated rings. The van der Waals surface area contributed by atoms with Gasteiger partial charge in [0.1, 0.15) is 30.8 Å². The van der Waals surface area contributed by atoms with Gasteiger partial charge in [-0.05, 0) is 36.4 Å². The van der Waals surface area contributed by atoms with Gasteiger partial charge >= 0.3 is 0 Å². The molecule has 0 radical (unpaired) electrons. The number of aliphatic hydroxyl groups is 1. The largest absolute Gasteiger partial charge is 0.508 e. The Labute approximate surface area is 141 Å². The normalized spacial score (nSPS) is 11.8. The molecule has 0 amide bonds. The molecule has 0 unspecified atom stereocenters. The Balaban J connectivity index is 1.59. The van der Waals surface area contributed by atoms with Gasteiger partial charge in [-0.1, -0.05) is 12.1 Å². The van der Waals surface area contributed by atoms with Crippen LogP contribution in [0.2, 0.25) is 0 Å². The third kappa shape index (κ3) is 5.98. The highest BCUT2D eigenvalue weighted by atomic mass is 16.5. The first kappa shape index (κ1) is 17.9. The summed E-state index contributed by atoms with van der Waals surface area (Å²) in [5.41, 5.74) is 0. The monoisotopic (exact) mass is 333 g/mol. The number of hydrogen-bond acceptors (Lipinski definition) is 6. The van der Waals surface area contributed by atoms with Crippen LogP contribution in [0.4, 0.5) is 0 Å². The maximum Gasteiger partial charge on any atom is 0.161 e. The number of aromatic hydroxyl groups is 1. The number of hydrogen-bond donors (Lipinski definition) is 3. The number of phenols is 1. The van der Waals surface area contributed by atoms with E-state index in [1.807, 2.05) is 24.3 Å². The molecule has 0 saturated carbocycles. The molecule has 0 saturated heterocycles. The third-order valence-electron chi connectivity index (χ3n) is 3.26. The summed E-state index contributed by atoms with van der Waals surface area (Å²) < 4.78 is 16.3. The van der Waals surface area contributed by atoms with E-state index in [4.69, 9.17) is 14.2 Å². The van der Waals surface area contributed by atoms with Crippen LogP contribution in [0, 0.1) is 0 Å². The van der Waals surface area contributed by atoms with Crippen LogP contribution >= 0.6 is 0 Å². The predicted octanol–water partition coefficient (Wildman–Crippen LogP) is 1.81. The van der Waals surface area contributed by atoms with Gasteiger partial charge in [-0.3, -0.25) is 0 Å². The first-order chi connectivity index (χ1) is 11.7. The van der Waals surface area contributed by atoms with Crippen LogP contribution in [0.25, 0.3) is 0 Å². The lowest BCUT2D eigenvalue weighted by atomic mass is 10.3. The minimum absolute atomic E-state index is 0.172. The summed E-state index contributed by atoms with van der Waals surface area (Å²) >= 11 is 0. The Morgan fingerprint density at radius 2 is 1.71 bits per heavy atom. The Kier molecular flexibility index (Phi) is 7.20. The molecular formula is C18H23NO5. The van der Waals surface area contributed by atoms with E-state index < -0.39 is 6.10 Å². The van der Waals surface area contributed by atoms with Crippen molar-refractivity contribution in [2.75, 3.05) is 33.4 Å². The van der Waals surface area contributed by atoms with E-state index in [-0.39, 0.29) is 12.4 Å². The zero-order chi connectivity index (χ0) is 17.2. The molecular weight excluding hydrogens is 310 g/mol. The molecule has 3 N–H and O–H groups in total. The Morgan fingerprint density at radius 3 is 2.42 bits per heavy atom. The topological polar surface area (TPSA) is 80.2 Å². The van der Waals surface area contributed by atoms with E-state index in [2.05, 4.69) is 5.32 Å². The van der Waals surface area contributed by atoms with Crippen molar-refractivity contribution >= 4 is 0 Å². The maximum atomic E-state index is 9.87. The second-order valence-electron chi connectivity index (χ2n) is 5.16. The van der Waals surface area contributed by atoms with Crippen LogP contribution in [0.5, 0.6) is 23.0 Å². The lowest BCUT2D eigenvalue weighted by molar-refractivity contribution is 0.105. The molecule has 6 heteroatoms. The summed E-state index contributed by atoms with van der Waals surface area (Å²) in [4.78, 5) is 0. The van der Waals surface area contributed by atoms with Crippen molar-refractivity contribution in [3.8, 4) is 23.0 Å². The standard InChI is InChI=1S/C18H23NO5/c1-22-17-4-2-3-5-18(17)23-11-10-19-12-15(21)13-24-16-8-6-14(20)7-9-16/h2-9,15,19-21H,10-13H2,1H3/t15-/m0/s1. The minimum atomic E-state index is -0.634. The first-order valence-corrected chi connectivity index (χ1v) is 7.75. The van der Waals surface area contributed by atoms with Crippen LogP contribution in [-0.4, -0.2) is 49.7 Å². The number of benzene rings is 2. The molecule has 0 aliphatic heterocycles. The zero-order valence-electron chi connectivity index (χ0n) is 13.6. The second-order valence-corrected chi connectivity index (χ2v) is 5.16. The van der Waals surface area contributed by atoms with E-state index in [1.54, 1.807) is 19.2 Å². The average Bonchev–Trinajstić information content (AvgIpc) is 2.61. The highest BCUT2D eigenvalue weighted by Gasteiger charge is 2.06. The summed E-state index contributed by atoms with van der Waals surface area (Å²) in [6.45, 7) is 1.62. The number of aliphatic hydroxyl groups excluding tert-OH is 1. The van der Waals surface area contributed by atoms with Gasteiger partial charge < -0.3 is 29.7 Å². The molecule has 6 nitrogen and oxygen atoms in total. The number of rotatable bonds is 10. The van der Waals surface area contributed by atoms with Crippen LogP contribution in [0.3, 0.4) is 0 Å². The number of nitrogens with one attached hydrogen (secondary N) is 1. The quantitative estimate of drug-likeness (QED) is 0.576. The van der Waals surface area contributed by atoms with Crippen molar-refractivity contribution in [2.24, 2.45) is 0 Å². The fraction of sp³-hybridized carbons (Fsp3) is 0.333. The van der Waals surface area contributed by atoms with Gasteiger partial charge in [-0.15, -0.1) is 0 Å². The van der Waals surface area contributed by atoms with Gasteiger partial charge in [0.2, 0.25) is 0 Å². The lowest BCUT2D eigenvalue weighted by Crippen LogP contribution is -2.33. The van der Waals surface area contributed by atoms with Crippen molar-refractivity contribution in [1.82, 2.24) is 5.32 Å². The smallest absolute Gasteiger partial charge is 0.161 e. The van der Waals surface area contributed by atoms with Gasteiger partial charge in [-0.25, -0.2) is 0 Å². The van der Waals surface area contributed by atoms with Crippen LogP contribution in [0.1, 0.15) is 0 Å². The highest BCUT2D eigenvalue weighted by molar-refractivity contribution is 5.39. The summed E-state index contributed by atoms with van der Waals surface area (Å²) in [6.07, 6.45) is -0.634. The van der Waals surface area contributed by atoms with E-state index in [1.165, 1.54) is 12.1 Å². The summed E-state index contributed by atoms with van der Waals surface area (Å²) in [7, 11) is 1.60. The predicted molar refractivity (Wildman–Crippen MR) is 91.0 cm³/mol. The SMILES string of the molecule is COc1ccccc1OCCNC[C@H](O)COc1ccc(O)cc1. The van der Waals surface area contributed by atoms with Gasteiger partial charge in [0.25, 0.3) is 0 Å². The Hall–Kier alpha value is -2.44. The molecule has 2 aromatic carbocycles. The second kappa shape index (κ2) is 9.64. The lowest BCUT2D eigenvalue weighted by Gasteiger charge is -2.14. The molecule has 0 heterocycles. The summed E-state index contributed by atoms with van der Waals surface area (Å²) in [6, 6.07) is 13.8. The molecule has 2 aromatic rings. The molecule has 0 aliphatic carbocycles. The van der Waals surface area contributed by atoms with Crippen LogP contribution in [0.15, 0.2) is 48.5 Å². The van der Waals surface area contributed by atoms with E-state index >= 15 is 0 Å². The molecule has 24 heavy (non-hydrogen) atoms. The zero-order valence-corrected chi connectivity index (χ0v) is 13.6. The first-order valence-electron chi connectivity index (χ1n) is 7.75. The van der Waals surface area contributed by atoms with Gasteiger partial charge in [0, 0.05) is 13.1 Å². The number of methoxy groups -OCH3 is 1. The van der Waals surface area contributed by atoms with Crippen LogP contribution < -0.4 is 19.5 Å². The molecule has 2 rings (SSSR count). The van der Waals surface area contributed by atoms with Gasteiger partial charge in [-0.2, -0.15) is 0 Å². The van der Waals surface area contributed by atoms with Crippen molar-refractivity contribution in [1.29, 1.82) is 0 Å². The Morgan fingerprint density at radius 1 is 1.00 bits per heavy atom. The third-order valence-corrected chi connectivity index (χ3v) is 3.26. The molecule has 0 aliphatic rings. The number of ether oxygens (including phenoxy) is 3. The van der Waals surface area contributed by atoms with Gasteiger partial charge in [0.05, 0.1) is 7.11 Å². The van der Waals surface area contributed by atoms with Crippen molar-refractivity contribution in [3.63, 3.8) is 0 Å². The van der Waals surface area contributed by atoms with Crippen molar-refractivity contribution in [3.05, 3.63) is 48.5 Å². The molecule has 130 valence electrons. The molecule has 1 atom stereocenters. The fourth-order valence-corrected chi connectivity index (χ4v) is 2.03. The average molecular weight is 333 g/mol. The Bertz CT molecular complexity index is 603. The maximum absolute atomic E-state index is 9.87. The van der Waals surface area contributed by atoms with Crippen molar-refractivity contribution < 1.29 is 24.4 Å². The minimum Gasteiger partial charge on any atom is -0.508 e. The number of para-hydroxylation sites is 2. The van der Waals surface area contributed by atoms with E-state index in [9.17, 15) is 10.2 Å². The summed E-state index contributed by atoms with van der Waals surface area (Å²) in [5.74, 6) is 2.17. The van der Waals surface area contributed by atoms with E-state index in [0.717, 1.165) is 0 Å². The molecule has 0 bridgehead atoms. The van der Waals surface area contributed by atoms with E-state index in [0.29, 0.717) is 36.9 Å². The van der Waals surface area contributed by atoms with Crippen LogP contribution in [-0.2, 0) is 0 Å². The highest BCUT2D eigenvalue weighted by Crippen LogP contribution is 2.25. The summed E-state index contributed by atoms with van der Waals surface area (Å²) in [5, 5.41) is 22.1. The number of phenolic OH excluding ortho intramolecular Hbond substituents is 1.